The molecule has 0 aromatic carbocycles. The minimum Gasteiger partial charge on any atom is -0.469 e. The molecule has 1 unspecified atom stereocenters. The van der Waals surface area contributed by atoms with Crippen LogP contribution in [0.3, 0.4) is 0 Å². The van der Waals surface area contributed by atoms with Crippen molar-refractivity contribution in [2.75, 3.05) is 0 Å². The molecule has 0 aliphatic heterocycles. The molecule has 1 rings (SSSR count). The maximum absolute atomic E-state index is 8.16. The Morgan fingerprint density at radius 1 is 1.80 bits per heavy atom. The Bertz CT molecular complexity index is 203. The highest BCUT2D eigenvalue weighted by Gasteiger charge is 2.03. The van der Waals surface area contributed by atoms with Crippen molar-refractivity contribution in [3.8, 4) is 0 Å². The van der Waals surface area contributed by atoms with Gasteiger partial charge < -0.3 is 9.62 Å². The lowest BCUT2D eigenvalue weighted by atomic mass is 10.1. The lowest BCUT2D eigenvalue weighted by molar-refractivity contribution is 0.319. The van der Waals surface area contributed by atoms with E-state index < -0.39 is 0 Å². The van der Waals surface area contributed by atoms with Crippen molar-refractivity contribution in [2.45, 2.75) is 12.8 Å². The Kier molecular flexibility index (Phi) is 2.10. The normalized spacial score (nSPS) is 14.1. The lowest BCUT2D eigenvalue weighted by Crippen LogP contribution is -1.90. The van der Waals surface area contributed by atoms with E-state index >= 15 is 0 Å². The molecule has 10 heavy (non-hydrogen) atoms. The molecule has 0 bridgehead atoms. The summed E-state index contributed by atoms with van der Waals surface area (Å²) < 4.78 is 5.05. The van der Waals surface area contributed by atoms with Crippen molar-refractivity contribution >= 4 is 6.21 Å². The summed E-state index contributed by atoms with van der Waals surface area (Å²) >= 11 is 0. The van der Waals surface area contributed by atoms with Crippen molar-refractivity contribution in [1.29, 1.82) is 0 Å². The quantitative estimate of drug-likeness (QED) is 0.386. The molecule has 1 aromatic heterocycles. The predicted molar refractivity (Wildman–Crippen MR) is 37.4 cm³/mol. The second-order valence-corrected chi connectivity index (χ2v) is 2.07. The highest BCUT2D eigenvalue weighted by Crippen LogP contribution is 2.12. The summed E-state index contributed by atoms with van der Waals surface area (Å²) in [5.41, 5.74) is 0. The zero-order chi connectivity index (χ0) is 7.40. The molecule has 0 radical (unpaired) electrons. The second-order valence-electron chi connectivity index (χ2n) is 2.07. The Balaban J connectivity index is 2.67. The van der Waals surface area contributed by atoms with Gasteiger partial charge in [0.05, 0.1) is 18.4 Å². The first-order chi connectivity index (χ1) is 4.84. The van der Waals surface area contributed by atoms with Gasteiger partial charge >= 0.3 is 0 Å². The second kappa shape index (κ2) is 3.06. The van der Waals surface area contributed by atoms with Crippen LogP contribution in [-0.4, -0.2) is 11.4 Å². The first-order valence-corrected chi connectivity index (χ1v) is 3.05. The number of hydrogen-bond acceptors (Lipinski definition) is 3. The molecule has 54 valence electrons. The average Bonchev–Trinajstić information content (AvgIpc) is 2.38. The molecule has 0 saturated carbocycles. The highest BCUT2D eigenvalue weighted by molar-refractivity contribution is 5.65. The molecular formula is C7H9NO2. The van der Waals surface area contributed by atoms with E-state index in [0.717, 1.165) is 5.76 Å². The van der Waals surface area contributed by atoms with Crippen LogP contribution in [0.25, 0.3) is 0 Å². The maximum Gasteiger partial charge on any atom is 0.112 e. The highest BCUT2D eigenvalue weighted by atomic mass is 16.4. The molecule has 1 N–H and O–H groups in total. The van der Waals surface area contributed by atoms with Crippen molar-refractivity contribution < 1.29 is 9.62 Å². The van der Waals surface area contributed by atoms with Gasteiger partial charge in [-0.2, -0.15) is 0 Å². The van der Waals surface area contributed by atoms with E-state index in [4.69, 9.17) is 9.62 Å². The van der Waals surface area contributed by atoms with Gasteiger partial charge in [0.1, 0.15) is 5.76 Å². The van der Waals surface area contributed by atoms with Crippen LogP contribution >= 0.6 is 0 Å². The van der Waals surface area contributed by atoms with Crippen molar-refractivity contribution in [3.63, 3.8) is 0 Å². The molecule has 3 heteroatoms. The molecule has 1 aromatic rings. The van der Waals surface area contributed by atoms with Crippen molar-refractivity contribution in [3.05, 3.63) is 24.2 Å². The third-order valence-electron chi connectivity index (χ3n) is 1.28. The largest absolute Gasteiger partial charge is 0.469 e. The Morgan fingerprint density at radius 2 is 2.60 bits per heavy atom. The van der Waals surface area contributed by atoms with Gasteiger partial charge in [0.2, 0.25) is 0 Å². The zero-order valence-electron chi connectivity index (χ0n) is 5.69. The van der Waals surface area contributed by atoms with Gasteiger partial charge in [0.15, 0.2) is 0 Å². The van der Waals surface area contributed by atoms with Gasteiger partial charge in [-0.3, -0.25) is 0 Å². The van der Waals surface area contributed by atoms with Crippen molar-refractivity contribution in [1.82, 2.24) is 0 Å². The van der Waals surface area contributed by atoms with Gasteiger partial charge in [-0.25, -0.2) is 0 Å². The summed E-state index contributed by atoms with van der Waals surface area (Å²) in [7, 11) is 0. The van der Waals surface area contributed by atoms with Gasteiger partial charge in [-0.1, -0.05) is 6.92 Å². The van der Waals surface area contributed by atoms with E-state index in [1.165, 1.54) is 6.21 Å². The molecule has 0 aliphatic rings. The van der Waals surface area contributed by atoms with E-state index in [0.29, 0.717) is 0 Å². The number of hydrogen-bond donors (Lipinski definition) is 1. The Morgan fingerprint density at radius 3 is 3.10 bits per heavy atom. The van der Waals surface area contributed by atoms with Crippen LogP contribution in [-0.2, 0) is 0 Å². The number of furan rings is 1. The van der Waals surface area contributed by atoms with E-state index in [9.17, 15) is 0 Å². The molecule has 0 saturated heterocycles. The van der Waals surface area contributed by atoms with Gasteiger partial charge in [-0.15, -0.1) is 5.16 Å². The summed E-state index contributed by atoms with van der Waals surface area (Å²) in [5, 5.41) is 11.1. The van der Waals surface area contributed by atoms with Gasteiger partial charge in [0, 0.05) is 0 Å². The number of rotatable bonds is 2. The molecule has 1 atom stereocenters. The predicted octanol–water partition coefficient (Wildman–Crippen LogP) is 1.84. The first-order valence-electron chi connectivity index (χ1n) is 3.05. The monoisotopic (exact) mass is 139 g/mol. The van der Waals surface area contributed by atoms with E-state index in [2.05, 4.69) is 5.16 Å². The Labute approximate surface area is 59.0 Å². The summed E-state index contributed by atoms with van der Waals surface area (Å²) in [6.45, 7) is 1.89. The molecule has 0 aliphatic carbocycles. The minimum atomic E-state index is 0.0417. The first kappa shape index (κ1) is 6.86. The maximum atomic E-state index is 8.16. The van der Waals surface area contributed by atoms with Gasteiger partial charge in [0.25, 0.3) is 0 Å². The molecule has 3 nitrogen and oxygen atoms in total. The molecule has 0 fully saturated rings. The van der Waals surface area contributed by atoms with Crippen LogP contribution < -0.4 is 0 Å². The third-order valence-corrected chi connectivity index (χ3v) is 1.28. The van der Waals surface area contributed by atoms with Crippen LogP contribution in [0.5, 0.6) is 0 Å². The topological polar surface area (TPSA) is 45.7 Å². The molecular weight excluding hydrogens is 130 g/mol. The van der Waals surface area contributed by atoms with Crippen LogP contribution in [0.2, 0.25) is 0 Å². The summed E-state index contributed by atoms with van der Waals surface area (Å²) in [6, 6.07) is 3.64. The minimum absolute atomic E-state index is 0.0417. The van der Waals surface area contributed by atoms with E-state index in [-0.39, 0.29) is 5.92 Å². The van der Waals surface area contributed by atoms with Crippen LogP contribution in [0, 0.1) is 0 Å². The summed E-state index contributed by atoms with van der Waals surface area (Å²) in [4.78, 5) is 0. The fourth-order valence-corrected chi connectivity index (χ4v) is 0.724. The van der Waals surface area contributed by atoms with E-state index in [1.807, 2.05) is 13.0 Å². The summed E-state index contributed by atoms with van der Waals surface area (Å²) in [6.07, 6.45) is 3.01. The van der Waals surface area contributed by atoms with Crippen LogP contribution in [0.15, 0.2) is 28.0 Å². The van der Waals surface area contributed by atoms with Gasteiger partial charge in [-0.05, 0) is 12.1 Å². The number of nitrogens with zero attached hydrogens (tertiary/aromatic N) is 1. The zero-order valence-corrected chi connectivity index (χ0v) is 5.69. The fourth-order valence-electron chi connectivity index (χ4n) is 0.724. The third kappa shape index (κ3) is 1.37. The molecule has 0 amide bonds. The van der Waals surface area contributed by atoms with E-state index in [1.54, 1.807) is 12.3 Å². The molecule has 1 heterocycles. The van der Waals surface area contributed by atoms with Crippen LogP contribution in [0.1, 0.15) is 18.6 Å². The standard InChI is InChI=1S/C7H9NO2/c1-6(5-8-9)7-3-2-4-10-7/h2-6,9H,1H3/b8-5+. The average molecular weight is 139 g/mol. The fraction of sp³-hybridized carbons (Fsp3) is 0.286. The number of oxime groups is 1. The Hall–Kier alpha value is -1.25. The van der Waals surface area contributed by atoms with Crippen LogP contribution in [0.4, 0.5) is 0 Å². The smallest absolute Gasteiger partial charge is 0.112 e. The summed E-state index contributed by atoms with van der Waals surface area (Å²) in [5.74, 6) is 0.845. The van der Waals surface area contributed by atoms with Crippen molar-refractivity contribution in [2.24, 2.45) is 5.16 Å². The SMILES string of the molecule is CC(/C=N/O)c1ccco1. The lowest BCUT2D eigenvalue weighted by Gasteiger charge is -1.96. The molecule has 0 spiro atoms.